The molecule has 0 bridgehead atoms. The number of halogens is 2. The van der Waals surface area contributed by atoms with Crippen LogP contribution < -0.4 is 4.74 Å². The Balaban J connectivity index is 3.29. The molecular formula is C11H9F2NO5. The van der Waals surface area contributed by atoms with Crippen LogP contribution in [0.1, 0.15) is 11.1 Å². The molecule has 0 radical (unpaired) electrons. The van der Waals surface area contributed by atoms with Gasteiger partial charge in [-0.25, -0.2) is 4.79 Å². The van der Waals surface area contributed by atoms with E-state index in [1.54, 1.807) is 0 Å². The number of carbonyl (C=O) groups is 1. The van der Waals surface area contributed by atoms with Gasteiger partial charge in [0.25, 0.3) is 0 Å². The van der Waals surface area contributed by atoms with Gasteiger partial charge in [-0.15, -0.1) is 0 Å². The SMILES string of the molecule is Cc1cc([N+](=O)[O-])c(OC(F)F)cc1/C=C/C(=O)O. The molecule has 19 heavy (non-hydrogen) atoms. The van der Waals surface area contributed by atoms with Crippen LogP contribution in [0.4, 0.5) is 14.5 Å². The van der Waals surface area contributed by atoms with Crippen molar-refractivity contribution in [2.75, 3.05) is 0 Å². The third-order valence-corrected chi connectivity index (χ3v) is 2.17. The third kappa shape index (κ3) is 4.02. The van der Waals surface area contributed by atoms with Crippen LogP contribution >= 0.6 is 0 Å². The fourth-order valence-corrected chi connectivity index (χ4v) is 1.36. The van der Waals surface area contributed by atoms with Crippen molar-refractivity contribution in [3.63, 3.8) is 0 Å². The van der Waals surface area contributed by atoms with Gasteiger partial charge >= 0.3 is 18.3 Å². The lowest BCUT2D eigenvalue weighted by Crippen LogP contribution is -2.05. The smallest absolute Gasteiger partial charge is 0.387 e. The molecule has 0 amide bonds. The zero-order valence-electron chi connectivity index (χ0n) is 9.67. The number of nitro groups is 1. The van der Waals surface area contributed by atoms with Crippen LogP contribution in [0, 0.1) is 17.0 Å². The molecular weight excluding hydrogens is 264 g/mol. The molecule has 1 aromatic rings. The largest absolute Gasteiger partial charge is 0.478 e. The molecule has 0 aliphatic rings. The highest BCUT2D eigenvalue weighted by molar-refractivity contribution is 5.85. The van der Waals surface area contributed by atoms with E-state index in [0.29, 0.717) is 5.56 Å². The molecule has 6 nitrogen and oxygen atoms in total. The number of carboxylic acid groups (broad SMARTS) is 1. The minimum absolute atomic E-state index is 0.239. The summed E-state index contributed by atoms with van der Waals surface area (Å²) in [5.74, 6) is -1.84. The van der Waals surface area contributed by atoms with E-state index in [4.69, 9.17) is 5.11 Å². The molecule has 0 spiro atoms. The van der Waals surface area contributed by atoms with E-state index in [2.05, 4.69) is 4.74 Å². The Kier molecular flexibility index (Phi) is 4.51. The number of aryl methyl sites for hydroxylation is 1. The van der Waals surface area contributed by atoms with E-state index in [1.807, 2.05) is 0 Å². The van der Waals surface area contributed by atoms with Crippen molar-refractivity contribution >= 4 is 17.7 Å². The van der Waals surface area contributed by atoms with Gasteiger partial charge in [-0.2, -0.15) is 8.78 Å². The molecule has 102 valence electrons. The fourth-order valence-electron chi connectivity index (χ4n) is 1.36. The standard InChI is InChI=1S/C11H9F2NO5/c1-6-4-8(14(17)18)9(19-11(12)13)5-7(6)2-3-10(15)16/h2-5,11H,1H3,(H,15,16)/b3-2+. The van der Waals surface area contributed by atoms with Gasteiger partial charge in [0.1, 0.15) is 0 Å². The van der Waals surface area contributed by atoms with E-state index in [0.717, 1.165) is 24.3 Å². The average Bonchev–Trinajstić information content (AvgIpc) is 2.28. The second-order valence-electron chi connectivity index (χ2n) is 3.48. The Hall–Kier alpha value is -2.51. The number of nitro benzene ring substituents is 1. The second kappa shape index (κ2) is 5.89. The van der Waals surface area contributed by atoms with Crippen molar-refractivity contribution in [3.8, 4) is 5.75 Å². The van der Waals surface area contributed by atoms with E-state index < -0.39 is 28.9 Å². The Morgan fingerprint density at radius 3 is 2.63 bits per heavy atom. The minimum Gasteiger partial charge on any atom is -0.478 e. The molecule has 0 heterocycles. The normalized spacial score (nSPS) is 10.9. The lowest BCUT2D eigenvalue weighted by molar-refractivity contribution is -0.386. The first-order valence-electron chi connectivity index (χ1n) is 4.96. The molecule has 1 aromatic carbocycles. The Morgan fingerprint density at radius 2 is 2.16 bits per heavy atom. The number of rotatable bonds is 5. The number of hydrogen-bond acceptors (Lipinski definition) is 4. The maximum atomic E-state index is 12.2. The second-order valence-corrected chi connectivity index (χ2v) is 3.48. The van der Waals surface area contributed by atoms with Gasteiger partial charge in [0.05, 0.1) is 4.92 Å². The number of carboxylic acids is 1. The maximum absolute atomic E-state index is 12.2. The van der Waals surface area contributed by atoms with Crippen LogP contribution in [0.25, 0.3) is 6.08 Å². The molecule has 0 fully saturated rings. The number of alkyl halides is 2. The van der Waals surface area contributed by atoms with E-state index >= 15 is 0 Å². The number of ether oxygens (including phenoxy) is 1. The van der Waals surface area contributed by atoms with Gasteiger partial charge in [0.15, 0.2) is 0 Å². The summed E-state index contributed by atoms with van der Waals surface area (Å²) in [6.07, 6.45) is 1.93. The number of benzene rings is 1. The predicted octanol–water partition coefficient (Wildman–Crippen LogP) is 2.60. The van der Waals surface area contributed by atoms with Crippen molar-refractivity contribution in [2.24, 2.45) is 0 Å². The Labute approximate surface area is 106 Å². The summed E-state index contributed by atoms with van der Waals surface area (Å²) in [5, 5.41) is 19.2. The first-order valence-corrected chi connectivity index (χ1v) is 4.96. The monoisotopic (exact) mass is 273 g/mol. The summed E-state index contributed by atoms with van der Waals surface area (Å²) in [6, 6.07) is 2.04. The molecule has 0 saturated carbocycles. The third-order valence-electron chi connectivity index (χ3n) is 2.17. The molecule has 0 atom stereocenters. The zero-order valence-corrected chi connectivity index (χ0v) is 9.67. The molecule has 0 aliphatic carbocycles. The Bertz CT molecular complexity index is 542. The van der Waals surface area contributed by atoms with Crippen LogP contribution in [0.2, 0.25) is 0 Å². The maximum Gasteiger partial charge on any atom is 0.387 e. The van der Waals surface area contributed by atoms with Gasteiger partial charge in [0, 0.05) is 12.1 Å². The predicted molar refractivity (Wildman–Crippen MR) is 61.1 cm³/mol. The lowest BCUT2D eigenvalue weighted by Gasteiger charge is -2.08. The summed E-state index contributed by atoms with van der Waals surface area (Å²) < 4.78 is 28.4. The van der Waals surface area contributed by atoms with Gasteiger partial charge in [-0.1, -0.05) is 0 Å². The van der Waals surface area contributed by atoms with Gasteiger partial charge in [-0.3, -0.25) is 10.1 Å². The van der Waals surface area contributed by atoms with Crippen molar-refractivity contribution in [1.82, 2.24) is 0 Å². The van der Waals surface area contributed by atoms with Crippen LogP contribution in [0.5, 0.6) is 5.75 Å². The highest BCUT2D eigenvalue weighted by Gasteiger charge is 2.20. The van der Waals surface area contributed by atoms with Crippen LogP contribution in [0.3, 0.4) is 0 Å². The quantitative estimate of drug-likeness (QED) is 0.506. The molecule has 0 aliphatic heterocycles. The molecule has 0 saturated heterocycles. The van der Waals surface area contributed by atoms with Crippen LogP contribution in [-0.2, 0) is 4.79 Å². The van der Waals surface area contributed by atoms with E-state index in [-0.39, 0.29) is 5.56 Å². The summed E-state index contributed by atoms with van der Waals surface area (Å²) in [5.41, 5.74) is -0.000240. The number of aliphatic carboxylic acids is 1. The summed E-state index contributed by atoms with van der Waals surface area (Å²) in [7, 11) is 0. The molecule has 0 unspecified atom stereocenters. The molecule has 1 N–H and O–H groups in total. The fraction of sp³-hybridized carbons (Fsp3) is 0.182. The molecule has 8 heteroatoms. The van der Waals surface area contributed by atoms with E-state index in [1.165, 1.54) is 6.92 Å². The van der Waals surface area contributed by atoms with Crippen molar-refractivity contribution in [3.05, 3.63) is 39.4 Å². The van der Waals surface area contributed by atoms with Gasteiger partial charge < -0.3 is 9.84 Å². The van der Waals surface area contributed by atoms with Crippen LogP contribution in [-0.4, -0.2) is 22.6 Å². The van der Waals surface area contributed by atoms with Crippen molar-refractivity contribution < 1.29 is 28.3 Å². The number of hydrogen-bond donors (Lipinski definition) is 1. The van der Waals surface area contributed by atoms with Crippen LogP contribution in [0.15, 0.2) is 18.2 Å². The van der Waals surface area contributed by atoms with Crippen molar-refractivity contribution in [2.45, 2.75) is 13.5 Å². The first kappa shape index (κ1) is 14.6. The average molecular weight is 273 g/mol. The lowest BCUT2D eigenvalue weighted by atomic mass is 10.1. The highest BCUT2D eigenvalue weighted by Crippen LogP contribution is 2.32. The van der Waals surface area contributed by atoms with Gasteiger partial charge in [-0.05, 0) is 30.2 Å². The Morgan fingerprint density at radius 1 is 1.53 bits per heavy atom. The minimum atomic E-state index is -3.21. The molecule has 0 aromatic heterocycles. The van der Waals surface area contributed by atoms with Crippen molar-refractivity contribution in [1.29, 1.82) is 0 Å². The highest BCUT2D eigenvalue weighted by atomic mass is 19.3. The molecule has 1 rings (SSSR count). The summed E-state index contributed by atoms with van der Waals surface area (Å²) >= 11 is 0. The summed E-state index contributed by atoms with van der Waals surface area (Å²) in [4.78, 5) is 20.2. The zero-order chi connectivity index (χ0) is 14.6. The van der Waals surface area contributed by atoms with E-state index in [9.17, 15) is 23.7 Å². The number of nitrogens with zero attached hydrogens (tertiary/aromatic N) is 1. The first-order chi connectivity index (χ1) is 8.81. The summed E-state index contributed by atoms with van der Waals surface area (Å²) in [6.45, 7) is -1.72. The van der Waals surface area contributed by atoms with Gasteiger partial charge in [0.2, 0.25) is 5.75 Å². The topological polar surface area (TPSA) is 89.7 Å².